The van der Waals surface area contributed by atoms with Gasteiger partial charge >= 0.3 is 0 Å². The zero-order valence-electron chi connectivity index (χ0n) is 9.30. The summed E-state index contributed by atoms with van der Waals surface area (Å²) in [6.07, 6.45) is 1.91. The molecule has 1 aromatic carbocycles. The van der Waals surface area contributed by atoms with E-state index in [1.807, 2.05) is 6.92 Å². The maximum Gasteiger partial charge on any atom is 0.190 e. The van der Waals surface area contributed by atoms with Crippen molar-refractivity contribution in [3.8, 4) is 5.75 Å². The second-order valence-electron chi connectivity index (χ2n) is 3.56. The first-order chi connectivity index (χ1) is 7.69. The first-order valence-corrected chi connectivity index (χ1v) is 5.40. The van der Waals surface area contributed by atoms with E-state index in [0.717, 1.165) is 12.8 Å². The van der Waals surface area contributed by atoms with Gasteiger partial charge in [-0.1, -0.05) is 13.3 Å². The fourth-order valence-electron chi connectivity index (χ4n) is 1.34. The predicted octanol–water partition coefficient (Wildman–Crippen LogP) is 2.68. The van der Waals surface area contributed by atoms with Crippen LogP contribution in [0.4, 0.5) is 8.78 Å². The van der Waals surface area contributed by atoms with Crippen LogP contribution in [0, 0.1) is 11.6 Å². The van der Waals surface area contributed by atoms with E-state index in [9.17, 15) is 8.78 Å². The average Bonchev–Trinajstić information content (AvgIpc) is 2.23. The summed E-state index contributed by atoms with van der Waals surface area (Å²) in [5, 5.41) is 8.67. The smallest absolute Gasteiger partial charge is 0.190 e. The molecule has 0 aromatic heterocycles. The number of aliphatic hydroxyl groups excluding tert-OH is 1. The van der Waals surface area contributed by atoms with Crippen LogP contribution in [0.3, 0.4) is 0 Å². The number of aliphatic hydroxyl groups is 1. The van der Waals surface area contributed by atoms with Gasteiger partial charge in [-0.05, 0) is 30.5 Å². The van der Waals surface area contributed by atoms with E-state index >= 15 is 0 Å². The van der Waals surface area contributed by atoms with E-state index in [1.54, 1.807) is 0 Å². The Morgan fingerprint density at radius 3 is 2.38 bits per heavy atom. The number of hydrogen-bond donors (Lipinski definition) is 1. The SMILES string of the molecule is CCCCOc1c(F)cc(CCO)cc1F. The lowest BCUT2D eigenvalue weighted by Gasteiger charge is -2.09. The van der Waals surface area contributed by atoms with Crippen molar-refractivity contribution in [1.82, 2.24) is 0 Å². The molecule has 0 spiro atoms. The molecule has 0 bridgehead atoms. The minimum absolute atomic E-state index is 0.130. The Kier molecular flexibility index (Phi) is 5.19. The summed E-state index contributed by atoms with van der Waals surface area (Å²) in [5.41, 5.74) is 0.431. The average molecular weight is 230 g/mol. The summed E-state index contributed by atoms with van der Waals surface area (Å²) in [6, 6.07) is 2.39. The number of halogens is 2. The quantitative estimate of drug-likeness (QED) is 0.761. The summed E-state index contributed by atoms with van der Waals surface area (Å²) in [4.78, 5) is 0. The molecule has 0 radical (unpaired) electrons. The lowest BCUT2D eigenvalue weighted by molar-refractivity contribution is 0.277. The van der Waals surface area contributed by atoms with E-state index in [0.29, 0.717) is 12.2 Å². The summed E-state index contributed by atoms with van der Waals surface area (Å²) in [5.74, 6) is -1.74. The Bertz CT molecular complexity index is 317. The van der Waals surface area contributed by atoms with Crippen molar-refractivity contribution in [2.24, 2.45) is 0 Å². The highest BCUT2D eigenvalue weighted by Gasteiger charge is 2.12. The third kappa shape index (κ3) is 3.45. The molecule has 16 heavy (non-hydrogen) atoms. The van der Waals surface area contributed by atoms with Crippen LogP contribution in [-0.2, 0) is 6.42 Å². The minimum Gasteiger partial charge on any atom is -0.488 e. The molecular weight excluding hydrogens is 214 g/mol. The molecule has 0 aliphatic heterocycles. The lowest BCUT2D eigenvalue weighted by Crippen LogP contribution is -2.03. The van der Waals surface area contributed by atoms with E-state index in [-0.39, 0.29) is 18.8 Å². The molecule has 1 N–H and O–H groups in total. The zero-order valence-corrected chi connectivity index (χ0v) is 9.30. The van der Waals surface area contributed by atoms with Crippen LogP contribution >= 0.6 is 0 Å². The summed E-state index contributed by atoms with van der Waals surface area (Å²) in [6.45, 7) is 2.15. The van der Waals surface area contributed by atoms with E-state index < -0.39 is 11.6 Å². The molecule has 1 aromatic rings. The Morgan fingerprint density at radius 1 is 1.25 bits per heavy atom. The molecule has 0 aliphatic rings. The summed E-state index contributed by atoms with van der Waals surface area (Å²) < 4.78 is 31.9. The molecule has 90 valence electrons. The third-order valence-corrected chi connectivity index (χ3v) is 2.20. The van der Waals surface area contributed by atoms with Crippen LogP contribution in [0.1, 0.15) is 25.3 Å². The van der Waals surface area contributed by atoms with Gasteiger partial charge in [0.25, 0.3) is 0 Å². The second-order valence-corrected chi connectivity index (χ2v) is 3.56. The summed E-state index contributed by atoms with van der Waals surface area (Å²) >= 11 is 0. The number of benzene rings is 1. The Labute approximate surface area is 93.9 Å². The third-order valence-electron chi connectivity index (χ3n) is 2.20. The lowest BCUT2D eigenvalue weighted by atomic mass is 10.1. The van der Waals surface area contributed by atoms with Crippen molar-refractivity contribution in [1.29, 1.82) is 0 Å². The molecule has 0 unspecified atom stereocenters. The first kappa shape index (κ1) is 12.9. The van der Waals surface area contributed by atoms with Crippen molar-refractivity contribution in [3.05, 3.63) is 29.3 Å². The Hall–Kier alpha value is -1.16. The molecule has 4 heteroatoms. The second kappa shape index (κ2) is 6.43. The van der Waals surface area contributed by atoms with Crippen molar-refractivity contribution in [3.63, 3.8) is 0 Å². The Morgan fingerprint density at radius 2 is 1.88 bits per heavy atom. The van der Waals surface area contributed by atoms with Crippen LogP contribution in [0.5, 0.6) is 5.75 Å². The molecule has 0 fully saturated rings. The zero-order chi connectivity index (χ0) is 12.0. The van der Waals surface area contributed by atoms with Gasteiger partial charge in [-0.15, -0.1) is 0 Å². The summed E-state index contributed by atoms with van der Waals surface area (Å²) in [7, 11) is 0. The van der Waals surface area contributed by atoms with Gasteiger partial charge in [0.05, 0.1) is 6.61 Å². The van der Waals surface area contributed by atoms with Gasteiger partial charge in [0.1, 0.15) is 0 Å². The van der Waals surface area contributed by atoms with Crippen molar-refractivity contribution < 1.29 is 18.6 Å². The fourth-order valence-corrected chi connectivity index (χ4v) is 1.34. The van der Waals surface area contributed by atoms with Gasteiger partial charge in [0, 0.05) is 6.61 Å². The number of rotatable bonds is 6. The highest BCUT2D eigenvalue weighted by Crippen LogP contribution is 2.23. The van der Waals surface area contributed by atoms with Gasteiger partial charge in [-0.3, -0.25) is 0 Å². The molecule has 0 saturated heterocycles. The maximum atomic E-state index is 13.4. The van der Waals surface area contributed by atoms with E-state index in [1.165, 1.54) is 12.1 Å². The van der Waals surface area contributed by atoms with Crippen LogP contribution in [0.25, 0.3) is 0 Å². The van der Waals surface area contributed by atoms with E-state index in [2.05, 4.69) is 0 Å². The predicted molar refractivity (Wildman–Crippen MR) is 57.6 cm³/mol. The minimum atomic E-state index is -0.709. The molecular formula is C12H16F2O2. The van der Waals surface area contributed by atoms with Crippen LogP contribution in [0.15, 0.2) is 12.1 Å². The largest absolute Gasteiger partial charge is 0.488 e. The van der Waals surface area contributed by atoms with Crippen molar-refractivity contribution >= 4 is 0 Å². The van der Waals surface area contributed by atoms with Crippen molar-refractivity contribution in [2.75, 3.05) is 13.2 Å². The van der Waals surface area contributed by atoms with Crippen LogP contribution in [-0.4, -0.2) is 18.3 Å². The van der Waals surface area contributed by atoms with E-state index in [4.69, 9.17) is 9.84 Å². The topological polar surface area (TPSA) is 29.5 Å². The standard InChI is InChI=1S/C12H16F2O2/c1-2-3-6-16-12-10(13)7-9(4-5-15)8-11(12)14/h7-8,15H,2-6H2,1H3. The monoisotopic (exact) mass is 230 g/mol. The van der Waals surface area contributed by atoms with Crippen LogP contribution < -0.4 is 4.74 Å². The Balaban J connectivity index is 2.77. The molecule has 2 nitrogen and oxygen atoms in total. The van der Waals surface area contributed by atoms with Gasteiger partial charge < -0.3 is 9.84 Å². The molecule has 0 aliphatic carbocycles. The van der Waals surface area contributed by atoms with Gasteiger partial charge in [-0.25, -0.2) is 8.78 Å². The molecule has 1 rings (SSSR count). The highest BCUT2D eigenvalue weighted by atomic mass is 19.1. The van der Waals surface area contributed by atoms with Gasteiger partial charge in [0.15, 0.2) is 17.4 Å². The molecule has 0 atom stereocenters. The normalized spacial score (nSPS) is 10.5. The van der Waals surface area contributed by atoms with Gasteiger partial charge in [-0.2, -0.15) is 0 Å². The molecule has 0 saturated carbocycles. The maximum absolute atomic E-state index is 13.4. The van der Waals surface area contributed by atoms with Gasteiger partial charge in [0.2, 0.25) is 0 Å². The molecule has 0 amide bonds. The number of hydrogen-bond acceptors (Lipinski definition) is 2. The number of ether oxygens (including phenoxy) is 1. The van der Waals surface area contributed by atoms with Crippen LogP contribution in [0.2, 0.25) is 0 Å². The molecule has 0 heterocycles. The van der Waals surface area contributed by atoms with Crippen molar-refractivity contribution in [2.45, 2.75) is 26.2 Å². The fraction of sp³-hybridized carbons (Fsp3) is 0.500. The highest BCUT2D eigenvalue weighted by molar-refractivity contribution is 5.31. The first-order valence-electron chi connectivity index (χ1n) is 5.40. The number of unbranched alkanes of at least 4 members (excludes halogenated alkanes) is 1.